The Morgan fingerprint density at radius 2 is 1.62 bits per heavy atom. The second kappa shape index (κ2) is 8.37. The minimum Gasteiger partial charge on any atom is -0.497 e. The summed E-state index contributed by atoms with van der Waals surface area (Å²) in [6, 6.07) is 16.3. The van der Waals surface area contributed by atoms with Gasteiger partial charge in [0.15, 0.2) is 5.11 Å². The van der Waals surface area contributed by atoms with Gasteiger partial charge in [-0.05, 0) is 48.6 Å². The molecule has 0 radical (unpaired) electrons. The van der Waals surface area contributed by atoms with E-state index in [-0.39, 0.29) is 5.91 Å². The number of rotatable bonds is 5. The number of nitrogens with zero attached hydrogens (tertiary/aromatic N) is 2. The van der Waals surface area contributed by atoms with E-state index >= 15 is 0 Å². The Kier molecular flexibility index (Phi) is 5.72. The van der Waals surface area contributed by atoms with E-state index in [1.54, 1.807) is 31.4 Å². The Hall–Kier alpha value is -3.04. The molecular formula is C17H15N5O2S2. The largest absolute Gasteiger partial charge is 0.497 e. The molecular weight excluding hydrogens is 370 g/mol. The average Bonchev–Trinajstić information content (AvgIpc) is 3.09. The van der Waals surface area contributed by atoms with Gasteiger partial charge < -0.3 is 15.4 Å². The maximum absolute atomic E-state index is 12.2. The van der Waals surface area contributed by atoms with E-state index in [9.17, 15) is 4.79 Å². The smallest absolute Gasteiger partial charge is 0.257 e. The van der Waals surface area contributed by atoms with Crippen molar-refractivity contribution in [3.8, 4) is 5.75 Å². The van der Waals surface area contributed by atoms with Crippen molar-refractivity contribution in [2.75, 3.05) is 23.1 Å². The molecule has 3 rings (SSSR count). The highest BCUT2D eigenvalue weighted by atomic mass is 32.1. The molecule has 0 unspecified atom stereocenters. The number of thiocarbonyl (C=S) groups is 1. The molecule has 0 aliphatic carbocycles. The van der Waals surface area contributed by atoms with Crippen LogP contribution < -0.4 is 20.7 Å². The number of para-hydroxylation sites is 1. The summed E-state index contributed by atoms with van der Waals surface area (Å²) in [4.78, 5) is 12.2. The van der Waals surface area contributed by atoms with Gasteiger partial charge in [-0.15, -0.1) is 10.2 Å². The lowest BCUT2D eigenvalue weighted by Crippen LogP contribution is -2.18. The Morgan fingerprint density at radius 3 is 2.27 bits per heavy atom. The number of hydrogen-bond acceptors (Lipinski definition) is 6. The lowest BCUT2D eigenvalue weighted by atomic mass is 10.2. The van der Waals surface area contributed by atoms with Crippen LogP contribution in [0.25, 0.3) is 0 Å². The first kappa shape index (κ1) is 17.8. The van der Waals surface area contributed by atoms with Crippen LogP contribution in [0.3, 0.4) is 0 Å². The molecule has 0 saturated carbocycles. The summed E-state index contributed by atoms with van der Waals surface area (Å²) in [6.45, 7) is 0. The Morgan fingerprint density at radius 1 is 0.962 bits per heavy atom. The molecule has 0 atom stereocenters. The van der Waals surface area contributed by atoms with Crippen molar-refractivity contribution in [3.05, 3.63) is 60.2 Å². The Balaban J connectivity index is 1.57. The lowest BCUT2D eigenvalue weighted by Gasteiger charge is -2.07. The van der Waals surface area contributed by atoms with Crippen LogP contribution >= 0.6 is 23.6 Å². The standard InChI is InChI=1S/C17H15N5O2S2/c1-24-13-9-7-11(8-10-13)14(23)19-16-21-22-17(26-16)20-15(25)18-12-5-3-2-4-6-12/h2-10H,1H3,(H,19,21,23)(H2,18,20,22,25). The van der Waals surface area contributed by atoms with Crippen LogP contribution in [0.1, 0.15) is 10.4 Å². The fourth-order valence-electron chi connectivity index (χ4n) is 2.02. The van der Waals surface area contributed by atoms with Crippen LogP contribution in [0.4, 0.5) is 16.0 Å². The zero-order chi connectivity index (χ0) is 18.4. The average molecular weight is 385 g/mol. The molecule has 3 N–H and O–H groups in total. The van der Waals surface area contributed by atoms with Crippen molar-refractivity contribution < 1.29 is 9.53 Å². The Bertz CT molecular complexity index is 897. The lowest BCUT2D eigenvalue weighted by molar-refractivity contribution is 0.102. The van der Waals surface area contributed by atoms with Gasteiger partial charge in [0.1, 0.15) is 5.75 Å². The number of carbonyl (C=O) groups is 1. The van der Waals surface area contributed by atoms with Gasteiger partial charge in [-0.25, -0.2) is 0 Å². The van der Waals surface area contributed by atoms with Crippen molar-refractivity contribution in [2.45, 2.75) is 0 Å². The highest BCUT2D eigenvalue weighted by Gasteiger charge is 2.11. The summed E-state index contributed by atoms with van der Waals surface area (Å²) in [5, 5.41) is 17.8. The monoisotopic (exact) mass is 385 g/mol. The molecule has 7 nitrogen and oxygen atoms in total. The normalized spacial score (nSPS) is 10.0. The second-order valence-corrected chi connectivity index (χ2v) is 6.43. The van der Waals surface area contributed by atoms with Crippen LogP contribution in [-0.4, -0.2) is 28.3 Å². The summed E-state index contributed by atoms with van der Waals surface area (Å²) in [5.74, 6) is 0.406. The number of hydrogen-bond donors (Lipinski definition) is 3. The van der Waals surface area contributed by atoms with Crippen molar-refractivity contribution in [2.24, 2.45) is 0 Å². The van der Waals surface area contributed by atoms with E-state index in [0.717, 1.165) is 5.69 Å². The van der Waals surface area contributed by atoms with Crippen molar-refractivity contribution >= 4 is 50.5 Å². The maximum Gasteiger partial charge on any atom is 0.257 e. The molecule has 2 aromatic carbocycles. The fraction of sp³-hybridized carbons (Fsp3) is 0.0588. The number of amides is 1. The van der Waals surface area contributed by atoms with Crippen LogP contribution in [-0.2, 0) is 0 Å². The highest BCUT2D eigenvalue weighted by Crippen LogP contribution is 2.21. The predicted molar refractivity (Wildman–Crippen MR) is 107 cm³/mol. The first-order chi connectivity index (χ1) is 12.6. The molecule has 0 fully saturated rings. The maximum atomic E-state index is 12.2. The molecule has 26 heavy (non-hydrogen) atoms. The molecule has 1 heterocycles. The van der Waals surface area contributed by atoms with Gasteiger partial charge in [0.2, 0.25) is 10.3 Å². The number of nitrogens with one attached hydrogen (secondary N) is 3. The van der Waals surface area contributed by atoms with Crippen molar-refractivity contribution in [3.63, 3.8) is 0 Å². The third-order valence-electron chi connectivity index (χ3n) is 3.25. The van der Waals surface area contributed by atoms with Crippen molar-refractivity contribution in [1.29, 1.82) is 0 Å². The summed E-state index contributed by atoms with van der Waals surface area (Å²) < 4.78 is 5.07. The SMILES string of the molecule is COc1ccc(C(=O)Nc2nnc(NC(=S)Nc3ccccc3)s2)cc1. The number of methoxy groups -OCH3 is 1. The third-order valence-corrected chi connectivity index (χ3v) is 4.21. The molecule has 9 heteroatoms. The van der Waals surface area contributed by atoms with E-state index in [1.807, 2.05) is 30.3 Å². The van der Waals surface area contributed by atoms with Crippen LogP contribution in [0, 0.1) is 0 Å². The van der Waals surface area contributed by atoms with Gasteiger partial charge in [0.05, 0.1) is 7.11 Å². The predicted octanol–water partition coefficient (Wildman–Crippen LogP) is 3.61. The molecule has 3 aromatic rings. The fourth-order valence-corrected chi connectivity index (χ4v) is 2.94. The summed E-state index contributed by atoms with van der Waals surface area (Å²) >= 11 is 6.42. The minimum atomic E-state index is -0.277. The van der Waals surface area contributed by atoms with Crippen LogP contribution in [0.2, 0.25) is 0 Å². The highest BCUT2D eigenvalue weighted by molar-refractivity contribution is 7.80. The minimum absolute atomic E-state index is 0.277. The van der Waals surface area contributed by atoms with Gasteiger partial charge in [0, 0.05) is 11.3 Å². The number of ether oxygens (including phenoxy) is 1. The van der Waals surface area contributed by atoms with E-state index in [0.29, 0.717) is 26.7 Å². The molecule has 0 bridgehead atoms. The second-order valence-electron chi connectivity index (χ2n) is 5.04. The van der Waals surface area contributed by atoms with E-state index < -0.39 is 0 Å². The number of benzene rings is 2. The summed E-state index contributed by atoms with van der Waals surface area (Å²) in [5.41, 5.74) is 1.36. The number of aromatic nitrogens is 2. The first-order valence-electron chi connectivity index (χ1n) is 7.56. The van der Waals surface area contributed by atoms with Crippen LogP contribution in [0.5, 0.6) is 5.75 Å². The summed E-state index contributed by atoms with van der Waals surface area (Å²) in [6.07, 6.45) is 0. The Labute approximate surface area is 159 Å². The summed E-state index contributed by atoms with van der Waals surface area (Å²) in [7, 11) is 1.57. The van der Waals surface area contributed by atoms with E-state index in [1.165, 1.54) is 11.3 Å². The molecule has 132 valence electrons. The molecule has 1 amide bonds. The van der Waals surface area contributed by atoms with Gasteiger partial charge in [-0.1, -0.05) is 29.5 Å². The number of carbonyl (C=O) groups excluding carboxylic acids is 1. The van der Waals surface area contributed by atoms with Gasteiger partial charge in [-0.3, -0.25) is 10.1 Å². The molecule has 0 aliphatic heterocycles. The van der Waals surface area contributed by atoms with Gasteiger partial charge in [0.25, 0.3) is 5.91 Å². The van der Waals surface area contributed by atoms with E-state index in [2.05, 4.69) is 26.1 Å². The molecule has 0 aliphatic rings. The molecule has 0 spiro atoms. The van der Waals surface area contributed by atoms with Gasteiger partial charge in [-0.2, -0.15) is 0 Å². The van der Waals surface area contributed by atoms with E-state index in [4.69, 9.17) is 17.0 Å². The zero-order valence-electron chi connectivity index (χ0n) is 13.7. The van der Waals surface area contributed by atoms with Crippen LogP contribution in [0.15, 0.2) is 54.6 Å². The molecule has 1 aromatic heterocycles. The molecule has 0 saturated heterocycles. The zero-order valence-corrected chi connectivity index (χ0v) is 15.4. The topological polar surface area (TPSA) is 88.2 Å². The van der Waals surface area contributed by atoms with Crippen molar-refractivity contribution in [1.82, 2.24) is 10.2 Å². The quantitative estimate of drug-likeness (QED) is 0.578. The first-order valence-corrected chi connectivity index (χ1v) is 8.78. The third kappa shape index (κ3) is 4.74. The van der Waals surface area contributed by atoms with Gasteiger partial charge >= 0.3 is 0 Å². The number of anilines is 3.